The Morgan fingerprint density at radius 3 is 2.63 bits per heavy atom. The van der Waals surface area contributed by atoms with Gasteiger partial charge in [0.2, 0.25) is 0 Å². The third kappa shape index (κ3) is 6.29. The maximum absolute atomic E-state index is 13.1. The molecule has 35 heavy (non-hydrogen) atoms. The predicted molar refractivity (Wildman–Crippen MR) is 135 cm³/mol. The second kappa shape index (κ2) is 10.8. The van der Waals surface area contributed by atoms with Gasteiger partial charge in [0.1, 0.15) is 11.6 Å². The van der Waals surface area contributed by atoms with E-state index in [1.54, 1.807) is 42.5 Å². The van der Waals surface area contributed by atoms with Crippen molar-refractivity contribution in [3.63, 3.8) is 0 Å². The SMILES string of the molecule is Cc1ccc(NC(=O)COc2cccc(/C=C3\SC(=O)N(Cc4ccc(F)cc4)C3=O)c2)cc1Cl. The normalized spacial score (nSPS) is 14.5. The average Bonchev–Trinajstić information content (AvgIpc) is 3.09. The third-order valence-electron chi connectivity index (χ3n) is 5.11. The monoisotopic (exact) mass is 510 g/mol. The molecule has 0 aliphatic carbocycles. The first-order chi connectivity index (χ1) is 16.8. The Morgan fingerprint density at radius 1 is 1.11 bits per heavy atom. The molecule has 3 amide bonds. The number of halogens is 2. The number of benzene rings is 3. The molecule has 0 aromatic heterocycles. The van der Waals surface area contributed by atoms with Crippen LogP contribution in [-0.2, 0) is 16.1 Å². The minimum Gasteiger partial charge on any atom is -0.484 e. The van der Waals surface area contributed by atoms with E-state index < -0.39 is 11.1 Å². The molecule has 1 N–H and O–H groups in total. The minimum absolute atomic E-state index is 0.0622. The van der Waals surface area contributed by atoms with Crippen LogP contribution in [0.5, 0.6) is 5.75 Å². The second-order valence-electron chi connectivity index (χ2n) is 7.77. The smallest absolute Gasteiger partial charge is 0.293 e. The molecule has 3 aromatic carbocycles. The lowest BCUT2D eigenvalue weighted by Crippen LogP contribution is -2.27. The first-order valence-electron chi connectivity index (χ1n) is 10.6. The summed E-state index contributed by atoms with van der Waals surface area (Å²) in [7, 11) is 0. The van der Waals surface area contributed by atoms with Crippen molar-refractivity contribution >= 4 is 52.2 Å². The zero-order chi connectivity index (χ0) is 24.9. The lowest BCUT2D eigenvalue weighted by Gasteiger charge is -2.12. The summed E-state index contributed by atoms with van der Waals surface area (Å²) in [5.74, 6) is -0.729. The van der Waals surface area contributed by atoms with Gasteiger partial charge in [-0.2, -0.15) is 0 Å². The van der Waals surface area contributed by atoms with Crippen molar-refractivity contribution in [2.75, 3.05) is 11.9 Å². The fourth-order valence-electron chi connectivity index (χ4n) is 3.27. The number of carbonyl (C=O) groups is 3. The topological polar surface area (TPSA) is 75.7 Å². The molecule has 0 bridgehead atoms. The quantitative estimate of drug-likeness (QED) is 0.392. The van der Waals surface area contributed by atoms with Gasteiger partial charge in [-0.3, -0.25) is 19.3 Å². The van der Waals surface area contributed by atoms with E-state index in [1.807, 2.05) is 13.0 Å². The highest BCUT2D eigenvalue weighted by Gasteiger charge is 2.35. The maximum Gasteiger partial charge on any atom is 0.293 e. The molecule has 0 atom stereocenters. The van der Waals surface area contributed by atoms with Gasteiger partial charge in [-0.25, -0.2) is 4.39 Å². The third-order valence-corrected chi connectivity index (χ3v) is 6.42. The molecule has 1 fully saturated rings. The molecule has 3 aromatic rings. The number of carbonyl (C=O) groups excluding carboxylic acids is 3. The summed E-state index contributed by atoms with van der Waals surface area (Å²) in [6, 6.07) is 17.7. The van der Waals surface area contributed by atoms with Gasteiger partial charge in [0, 0.05) is 10.7 Å². The molecule has 178 valence electrons. The summed E-state index contributed by atoms with van der Waals surface area (Å²) < 4.78 is 18.7. The van der Waals surface area contributed by atoms with Gasteiger partial charge in [0.05, 0.1) is 11.4 Å². The van der Waals surface area contributed by atoms with Crippen LogP contribution >= 0.6 is 23.4 Å². The highest BCUT2D eigenvalue weighted by molar-refractivity contribution is 8.18. The first kappa shape index (κ1) is 24.5. The molecule has 1 aliphatic rings. The Labute approximate surface area is 210 Å². The van der Waals surface area contributed by atoms with Crippen LogP contribution in [0.3, 0.4) is 0 Å². The van der Waals surface area contributed by atoms with Crippen molar-refractivity contribution in [2.45, 2.75) is 13.5 Å². The Bertz CT molecular complexity index is 1330. The molecule has 1 saturated heterocycles. The molecule has 4 rings (SSSR count). The average molecular weight is 511 g/mol. The van der Waals surface area contributed by atoms with Crippen molar-refractivity contribution in [2.24, 2.45) is 0 Å². The predicted octanol–water partition coefficient (Wildman–Crippen LogP) is 6.04. The number of hydrogen-bond donors (Lipinski definition) is 1. The number of amides is 3. The van der Waals surface area contributed by atoms with E-state index in [-0.39, 0.29) is 29.8 Å². The summed E-state index contributed by atoms with van der Waals surface area (Å²) in [5.41, 5.74) is 2.77. The Kier molecular flexibility index (Phi) is 7.53. The van der Waals surface area contributed by atoms with Crippen LogP contribution in [0.4, 0.5) is 14.9 Å². The highest BCUT2D eigenvalue weighted by Crippen LogP contribution is 2.33. The van der Waals surface area contributed by atoms with Gasteiger partial charge in [0.15, 0.2) is 6.61 Å². The molecule has 1 aliphatic heterocycles. The van der Waals surface area contributed by atoms with Gasteiger partial charge in [0.25, 0.3) is 17.1 Å². The minimum atomic E-state index is -0.424. The Balaban J connectivity index is 1.38. The van der Waals surface area contributed by atoms with Crippen molar-refractivity contribution < 1.29 is 23.5 Å². The zero-order valence-corrected chi connectivity index (χ0v) is 20.2. The number of rotatable bonds is 7. The van der Waals surface area contributed by atoms with Crippen LogP contribution in [0.15, 0.2) is 71.6 Å². The molecule has 9 heteroatoms. The fourth-order valence-corrected chi connectivity index (χ4v) is 4.29. The number of anilines is 1. The molecule has 0 spiro atoms. The van der Waals surface area contributed by atoms with E-state index in [4.69, 9.17) is 16.3 Å². The molecule has 0 unspecified atom stereocenters. The first-order valence-corrected chi connectivity index (χ1v) is 11.8. The van der Waals surface area contributed by atoms with Gasteiger partial charge < -0.3 is 10.1 Å². The molecule has 1 heterocycles. The van der Waals surface area contributed by atoms with Gasteiger partial charge in [-0.05, 0) is 77.9 Å². The fraction of sp³-hybridized carbons (Fsp3) is 0.115. The van der Waals surface area contributed by atoms with Crippen LogP contribution < -0.4 is 10.1 Å². The number of aryl methyl sites for hydroxylation is 1. The summed E-state index contributed by atoms with van der Waals surface area (Å²) in [6.07, 6.45) is 1.59. The largest absolute Gasteiger partial charge is 0.484 e. The Hall–Kier alpha value is -3.62. The lowest BCUT2D eigenvalue weighted by atomic mass is 10.2. The van der Waals surface area contributed by atoms with E-state index in [9.17, 15) is 18.8 Å². The van der Waals surface area contributed by atoms with Crippen molar-refractivity contribution in [3.05, 3.63) is 99.2 Å². The number of ether oxygens (including phenoxy) is 1. The molecule has 6 nitrogen and oxygen atoms in total. The van der Waals surface area contributed by atoms with E-state index in [1.165, 1.54) is 24.3 Å². The van der Waals surface area contributed by atoms with Gasteiger partial charge >= 0.3 is 0 Å². The standard InChI is InChI=1S/C26H20ClFN2O4S/c1-16-5-10-20(13-22(16)27)29-24(31)15-34-21-4-2-3-18(11-21)12-23-25(32)30(26(33)35-23)14-17-6-8-19(28)9-7-17/h2-13H,14-15H2,1H3,(H,29,31)/b23-12-. The summed E-state index contributed by atoms with van der Waals surface area (Å²) in [4.78, 5) is 38.7. The number of hydrogen-bond acceptors (Lipinski definition) is 5. The van der Waals surface area contributed by atoms with Gasteiger partial charge in [-0.15, -0.1) is 0 Å². The van der Waals surface area contributed by atoms with Crippen LogP contribution in [0.25, 0.3) is 6.08 Å². The summed E-state index contributed by atoms with van der Waals surface area (Å²) in [6.45, 7) is 1.71. The zero-order valence-electron chi connectivity index (χ0n) is 18.6. The number of imide groups is 1. The van der Waals surface area contributed by atoms with E-state index >= 15 is 0 Å². The van der Waals surface area contributed by atoms with E-state index in [0.29, 0.717) is 27.6 Å². The van der Waals surface area contributed by atoms with Crippen LogP contribution in [0, 0.1) is 12.7 Å². The molecular weight excluding hydrogens is 491 g/mol. The second-order valence-corrected chi connectivity index (χ2v) is 9.17. The van der Waals surface area contributed by atoms with Gasteiger partial charge in [-0.1, -0.05) is 41.9 Å². The highest BCUT2D eigenvalue weighted by atomic mass is 35.5. The van der Waals surface area contributed by atoms with Crippen LogP contribution in [0.2, 0.25) is 5.02 Å². The number of nitrogens with one attached hydrogen (secondary N) is 1. The maximum atomic E-state index is 13.1. The summed E-state index contributed by atoms with van der Waals surface area (Å²) >= 11 is 6.92. The van der Waals surface area contributed by atoms with Crippen molar-refractivity contribution in [3.8, 4) is 5.75 Å². The van der Waals surface area contributed by atoms with E-state index in [0.717, 1.165) is 22.2 Å². The molecular formula is C26H20ClFN2O4S. The number of thioether (sulfide) groups is 1. The molecule has 0 saturated carbocycles. The number of nitrogens with zero attached hydrogens (tertiary/aromatic N) is 1. The summed E-state index contributed by atoms with van der Waals surface area (Å²) in [5, 5.41) is 2.88. The lowest BCUT2D eigenvalue weighted by molar-refractivity contribution is -0.123. The van der Waals surface area contributed by atoms with Crippen LogP contribution in [0.1, 0.15) is 16.7 Å². The Morgan fingerprint density at radius 2 is 1.89 bits per heavy atom. The molecule has 0 radical (unpaired) electrons. The van der Waals surface area contributed by atoms with Crippen molar-refractivity contribution in [1.29, 1.82) is 0 Å². The van der Waals surface area contributed by atoms with E-state index in [2.05, 4.69) is 5.32 Å². The van der Waals surface area contributed by atoms with Crippen LogP contribution in [-0.4, -0.2) is 28.6 Å². The van der Waals surface area contributed by atoms with Crippen molar-refractivity contribution in [1.82, 2.24) is 4.90 Å².